The molecule has 0 N–H and O–H groups in total. The molecule has 0 aliphatic carbocycles. The molecule has 0 amide bonds. The van der Waals surface area contributed by atoms with Crippen LogP contribution < -0.4 is 21.7 Å². The first-order valence-electron chi connectivity index (χ1n) is 16.5. The fourth-order valence-corrected chi connectivity index (χ4v) is 22.6. The van der Waals surface area contributed by atoms with Crippen molar-refractivity contribution in [3.05, 3.63) is 162 Å². The van der Waals surface area contributed by atoms with Crippen molar-refractivity contribution in [2.75, 3.05) is 0 Å². The summed E-state index contributed by atoms with van der Waals surface area (Å²) in [5.74, 6) is 0. The van der Waals surface area contributed by atoms with Gasteiger partial charge in [0, 0.05) is 0 Å². The van der Waals surface area contributed by atoms with Crippen LogP contribution in [0.15, 0.2) is 142 Å². The van der Waals surface area contributed by atoms with E-state index < -0.39 is 33.4 Å². The quantitative estimate of drug-likeness (QED) is 0.115. The second-order valence-electron chi connectivity index (χ2n) is 14.1. The molecule has 4 fully saturated rings. The average Bonchev–Trinajstić information content (AvgIpc) is 3.71. The summed E-state index contributed by atoms with van der Waals surface area (Å²) in [6.45, 7) is 0.0409. The predicted octanol–water partition coefficient (Wildman–Crippen LogP) is 6.31. The zero-order valence-electron chi connectivity index (χ0n) is 25.3. The monoisotopic (exact) mass is 727 g/mol. The molecule has 6 aromatic carbocycles. The average molecular weight is 727 g/mol. The molecule has 1 aromatic heterocycles. The van der Waals surface area contributed by atoms with Gasteiger partial charge in [0.1, 0.15) is 0 Å². The number of fused-ring (bicyclic) bond motifs is 7. The van der Waals surface area contributed by atoms with Crippen LogP contribution in [0.2, 0.25) is 0 Å². The molecule has 216 valence electrons. The molecule has 2 radical (unpaired) electrons. The number of hydrogen-bond donors (Lipinski definition) is 0. The summed E-state index contributed by atoms with van der Waals surface area (Å²) >= 11 is -1.66. The fourth-order valence-electron chi connectivity index (χ4n) is 10.9. The van der Waals surface area contributed by atoms with E-state index in [-0.39, 0.29) is 6.71 Å². The summed E-state index contributed by atoms with van der Waals surface area (Å²) < 4.78 is 22.4. The Hall–Kier alpha value is -3.67. The van der Waals surface area contributed by atoms with E-state index in [1.165, 1.54) is 71.4 Å². The van der Waals surface area contributed by atoms with Gasteiger partial charge in [-0.05, 0) is 0 Å². The Labute approximate surface area is 285 Å². The van der Waals surface area contributed by atoms with Crippen LogP contribution in [0.25, 0.3) is 27.5 Å². The minimum absolute atomic E-state index is 0.0409. The maximum atomic E-state index is 14.7. The van der Waals surface area contributed by atoms with Crippen LogP contribution in [0, 0.1) is 0 Å². The Bertz CT molecular complexity index is 2530. The second kappa shape index (κ2) is 8.48. The van der Waals surface area contributed by atoms with Crippen molar-refractivity contribution in [1.82, 2.24) is 4.57 Å². The van der Waals surface area contributed by atoms with E-state index in [1.807, 2.05) is 0 Å². The molecular weight excluding hydrogens is 703 g/mol. The topological polar surface area (TPSA) is 17.3 Å². The van der Waals surface area contributed by atoms with Crippen LogP contribution in [0.5, 0.6) is 0 Å². The van der Waals surface area contributed by atoms with Gasteiger partial charge in [-0.15, -0.1) is 0 Å². The Morgan fingerprint density at radius 3 is 2.02 bits per heavy atom. The van der Waals surface area contributed by atoms with Crippen molar-refractivity contribution < 1.29 is 2.86 Å². The van der Waals surface area contributed by atoms with Gasteiger partial charge in [-0.25, -0.2) is 0 Å². The molecule has 10 heteroatoms. The van der Waals surface area contributed by atoms with Gasteiger partial charge in [-0.2, -0.15) is 0 Å². The van der Waals surface area contributed by atoms with Crippen LogP contribution in [0.3, 0.4) is 0 Å². The van der Waals surface area contributed by atoms with E-state index in [9.17, 15) is 2.86 Å². The standard InChI is InChI=1S/C37H23B5FIN2P/c43-44-45-47(40-38-41(47)42(40)47)33-23-22-27-26-16-7-10-20-31(26)46-32-21-11-18-29-34(32)39(35(33)36(27)46)30-19-9-8-17-28(30)37(29,24-12-3-1-4-13-24)25-14-5-2-6-15-25/h1-23H/q-1. The third-order valence-corrected chi connectivity index (χ3v) is 22.7. The molecule has 4 saturated heterocycles. The van der Waals surface area contributed by atoms with Crippen molar-refractivity contribution in [3.63, 3.8) is 0 Å². The SMILES string of the molecule is FI=NP12(c3ccc4c5ccccc5n5c4c3B3c4ccccc4C(c4ccccc4)(c4ccccc4)c4cccc-5c43)B3[B-]B1B32. The normalized spacial score (nSPS) is 20.1. The van der Waals surface area contributed by atoms with Gasteiger partial charge in [0.05, 0.1) is 0 Å². The molecule has 47 heavy (non-hydrogen) atoms. The van der Waals surface area contributed by atoms with E-state index in [0.717, 1.165) is 0 Å². The van der Waals surface area contributed by atoms with Gasteiger partial charge in [-0.3, -0.25) is 0 Å². The summed E-state index contributed by atoms with van der Waals surface area (Å²) in [4.78, 5) is 0. The van der Waals surface area contributed by atoms with Gasteiger partial charge in [0.25, 0.3) is 0 Å². The third-order valence-electron chi connectivity index (χ3n) is 12.8. The number of nitrogens with zero attached hydrogens (tertiary/aromatic N) is 2. The molecule has 6 aliphatic heterocycles. The van der Waals surface area contributed by atoms with E-state index in [0.29, 0.717) is 18.6 Å². The van der Waals surface area contributed by atoms with Crippen molar-refractivity contribution in [2.45, 2.75) is 5.41 Å². The molecule has 7 heterocycles. The zero-order chi connectivity index (χ0) is 30.7. The summed E-state index contributed by atoms with van der Waals surface area (Å²) in [5.41, 5.74) is 12.7. The third kappa shape index (κ3) is 2.61. The number of para-hydroxylation sites is 1. The summed E-state index contributed by atoms with van der Waals surface area (Å²) in [6, 6.07) is 52.1. The molecule has 2 bridgehead atoms. The van der Waals surface area contributed by atoms with Crippen LogP contribution >= 0.6 is 28.0 Å². The first kappa shape index (κ1) is 26.3. The van der Waals surface area contributed by atoms with E-state index in [4.69, 9.17) is 2.92 Å². The molecular formula is C37H23B5FIN2P-. The van der Waals surface area contributed by atoms with Crippen LogP contribution in [-0.4, -0.2) is 37.0 Å². The first-order valence-corrected chi connectivity index (χ1v) is 20.7. The van der Waals surface area contributed by atoms with Crippen molar-refractivity contribution in [3.8, 4) is 5.69 Å². The van der Waals surface area contributed by atoms with Crippen molar-refractivity contribution >= 4 is 104 Å². The number of halogens is 2. The van der Waals surface area contributed by atoms with E-state index in [2.05, 4.69) is 151 Å². The van der Waals surface area contributed by atoms with Gasteiger partial charge in [0.2, 0.25) is 0 Å². The molecule has 0 spiro atoms. The Morgan fingerprint density at radius 2 is 1.32 bits per heavy atom. The summed E-state index contributed by atoms with van der Waals surface area (Å²) in [5, 5.41) is 3.99. The first-order chi connectivity index (χ1) is 23.3. The van der Waals surface area contributed by atoms with Gasteiger partial charge in [0.15, 0.2) is 0 Å². The summed E-state index contributed by atoms with van der Waals surface area (Å²) in [7, 11) is 2.49. The van der Waals surface area contributed by atoms with Crippen LogP contribution in [0.1, 0.15) is 22.3 Å². The Morgan fingerprint density at radius 1 is 0.660 bits per heavy atom. The molecule has 2 nitrogen and oxygen atoms in total. The zero-order valence-corrected chi connectivity index (χ0v) is 28.3. The molecule has 0 saturated carbocycles. The maximum absolute atomic E-state index is 14.7. The van der Waals surface area contributed by atoms with Crippen molar-refractivity contribution in [1.29, 1.82) is 0 Å². The van der Waals surface area contributed by atoms with Crippen LogP contribution in [0.4, 0.5) is 2.86 Å². The number of aromatic nitrogens is 1. The second-order valence-corrected chi connectivity index (χ2v) is 20.7. The van der Waals surface area contributed by atoms with Gasteiger partial charge < -0.3 is 0 Å². The van der Waals surface area contributed by atoms with E-state index >= 15 is 0 Å². The molecule has 0 unspecified atom stereocenters. The number of hydrogen-bond acceptors (Lipinski definition) is 1. The van der Waals surface area contributed by atoms with Gasteiger partial charge in [-0.1, -0.05) is 0 Å². The molecule has 6 aliphatic rings. The Balaban J connectivity index is 1.31. The molecule has 13 rings (SSSR count). The van der Waals surface area contributed by atoms with Gasteiger partial charge >= 0.3 is 287 Å². The molecule has 0 atom stereocenters. The number of benzene rings is 6. The minimum atomic E-state index is -2.62. The Kier molecular flexibility index (Phi) is 4.75. The number of rotatable bonds is 4. The van der Waals surface area contributed by atoms with E-state index in [1.54, 1.807) is 0 Å². The van der Waals surface area contributed by atoms with Crippen molar-refractivity contribution in [2.24, 2.45) is 2.92 Å². The summed E-state index contributed by atoms with van der Waals surface area (Å²) in [6.07, 6.45) is -1.00. The fraction of sp³-hybridized carbons (Fsp3) is 0.0270. The predicted molar refractivity (Wildman–Crippen MR) is 211 cm³/mol. The molecule has 7 aromatic rings. The van der Waals surface area contributed by atoms with Crippen LogP contribution in [-0.2, 0) is 5.41 Å².